The van der Waals surface area contributed by atoms with E-state index in [9.17, 15) is 14.0 Å². The molecule has 0 aliphatic heterocycles. The van der Waals surface area contributed by atoms with Gasteiger partial charge in [0.25, 0.3) is 0 Å². The second-order valence-corrected chi connectivity index (χ2v) is 6.92. The first-order chi connectivity index (χ1) is 12.8. The van der Waals surface area contributed by atoms with Crippen molar-refractivity contribution < 1.29 is 14.0 Å². The van der Waals surface area contributed by atoms with Gasteiger partial charge in [0.2, 0.25) is 0 Å². The Morgan fingerprint density at radius 2 is 1.56 bits per heavy atom. The maximum absolute atomic E-state index is 13.2. The molecule has 0 saturated carbocycles. The van der Waals surface area contributed by atoms with E-state index in [0.29, 0.717) is 6.54 Å². The van der Waals surface area contributed by atoms with Gasteiger partial charge in [-0.25, -0.2) is 4.39 Å². The second-order valence-electron chi connectivity index (χ2n) is 6.92. The molecule has 2 aromatic carbocycles. The van der Waals surface area contributed by atoms with Crippen LogP contribution in [0.15, 0.2) is 54.6 Å². The molecule has 0 bridgehead atoms. The van der Waals surface area contributed by atoms with Crippen molar-refractivity contribution in [2.24, 2.45) is 5.92 Å². The molecule has 27 heavy (non-hydrogen) atoms. The topological polar surface area (TPSA) is 49.4 Å². The molecule has 0 unspecified atom stereocenters. The monoisotopic (exact) mass is 370 g/mol. The minimum absolute atomic E-state index is 0.133. The number of amides is 2. The number of nitrogens with zero attached hydrogens (tertiary/aromatic N) is 1. The standard InChI is InChI=1S/C22H27FN2O2/c1-5-25(16(4)17-11-13-19(23)14-12-17)22(27)21(26)24-20(15(2)3)18-9-7-6-8-10-18/h6-16,20H,5H2,1-4H3,(H,24,26)/t16-,20-/m1/s1. The number of rotatable bonds is 6. The van der Waals surface area contributed by atoms with E-state index in [1.54, 1.807) is 12.1 Å². The van der Waals surface area contributed by atoms with Crippen LogP contribution in [0.2, 0.25) is 0 Å². The molecule has 2 aromatic rings. The molecule has 2 amide bonds. The smallest absolute Gasteiger partial charge is 0.312 e. The van der Waals surface area contributed by atoms with E-state index in [1.807, 2.05) is 58.0 Å². The molecule has 0 heterocycles. The van der Waals surface area contributed by atoms with Crippen LogP contribution in [0, 0.1) is 11.7 Å². The summed E-state index contributed by atoms with van der Waals surface area (Å²) < 4.78 is 13.2. The lowest BCUT2D eigenvalue weighted by Crippen LogP contribution is -2.45. The average Bonchev–Trinajstić information content (AvgIpc) is 2.67. The predicted octanol–water partition coefficient (Wildman–Crippen LogP) is 4.25. The van der Waals surface area contributed by atoms with Gasteiger partial charge in [-0.1, -0.05) is 56.3 Å². The fourth-order valence-corrected chi connectivity index (χ4v) is 3.14. The molecule has 1 N–H and O–H groups in total. The molecule has 4 nitrogen and oxygen atoms in total. The minimum atomic E-state index is -0.631. The van der Waals surface area contributed by atoms with Crippen LogP contribution in [-0.4, -0.2) is 23.3 Å². The lowest BCUT2D eigenvalue weighted by Gasteiger charge is -2.29. The zero-order valence-corrected chi connectivity index (χ0v) is 16.3. The SMILES string of the molecule is CCN(C(=O)C(=O)N[C@@H](c1ccccc1)C(C)C)[C@H](C)c1ccc(F)cc1. The number of hydrogen-bond acceptors (Lipinski definition) is 2. The van der Waals surface area contributed by atoms with Crippen molar-refractivity contribution in [2.45, 2.75) is 39.8 Å². The van der Waals surface area contributed by atoms with E-state index >= 15 is 0 Å². The molecule has 144 valence electrons. The molecule has 2 rings (SSSR count). The third kappa shape index (κ3) is 5.16. The van der Waals surface area contributed by atoms with E-state index in [4.69, 9.17) is 0 Å². The van der Waals surface area contributed by atoms with Gasteiger partial charge in [-0.2, -0.15) is 0 Å². The number of likely N-dealkylation sites (N-methyl/N-ethyl adjacent to an activating group) is 1. The highest BCUT2D eigenvalue weighted by molar-refractivity contribution is 6.35. The number of carbonyl (C=O) groups is 2. The third-order valence-corrected chi connectivity index (χ3v) is 4.73. The molecule has 0 radical (unpaired) electrons. The average molecular weight is 370 g/mol. The number of halogens is 1. The first kappa shape index (κ1) is 20.6. The van der Waals surface area contributed by atoms with Crippen LogP contribution < -0.4 is 5.32 Å². The second kappa shape index (κ2) is 9.31. The highest BCUT2D eigenvalue weighted by Crippen LogP contribution is 2.23. The van der Waals surface area contributed by atoms with Crippen LogP contribution in [0.3, 0.4) is 0 Å². The number of benzene rings is 2. The summed E-state index contributed by atoms with van der Waals surface area (Å²) in [6.45, 7) is 8.03. The summed E-state index contributed by atoms with van der Waals surface area (Å²) in [4.78, 5) is 26.9. The molecule has 0 aromatic heterocycles. The zero-order chi connectivity index (χ0) is 20.0. The lowest BCUT2D eigenvalue weighted by molar-refractivity contribution is -0.147. The van der Waals surface area contributed by atoms with Gasteiger partial charge in [-0.15, -0.1) is 0 Å². The van der Waals surface area contributed by atoms with E-state index in [1.165, 1.54) is 17.0 Å². The van der Waals surface area contributed by atoms with Crippen LogP contribution >= 0.6 is 0 Å². The molecular weight excluding hydrogens is 343 g/mol. The fourth-order valence-electron chi connectivity index (χ4n) is 3.14. The van der Waals surface area contributed by atoms with Crippen LogP contribution in [-0.2, 0) is 9.59 Å². The van der Waals surface area contributed by atoms with Crippen molar-refractivity contribution in [3.8, 4) is 0 Å². The summed E-state index contributed by atoms with van der Waals surface area (Å²) in [5.41, 5.74) is 1.74. The number of hydrogen-bond donors (Lipinski definition) is 1. The van der Waals surface area contributed by atoms with E-state index < -0.39 is 11.8 Å². The van der Waals surface area contributed by atoms with Crippen molar-refractivity contribution in [3.63, 3.8) is 0 Å². The summed E-state index contributed by atoms with van der Waals surface area (Å²) in [6, 6.07) is 15.0. The zero-order valence-electron chi connectivity index (χ0n) is 16.3. The van der Waals surface area contributed by atoms with Crippen LogP contribution in [0.1, 0.15) is 50.9 Å². The fraction of sp³-hybridized carbons (Fsp3) is 0.364. The Bertz CT molecular complexity index is 760. The summed E-state index contributed by atoms with van der Waals surface area (Å²) in [7, 11) is 0. The molecule has 2 atom stereocenters. The molecule has 0 aliphatic carbocycles. The maximum Gasteiger partial charge on any atom is 0.312 e. The Kier molecular flexibility index (Phi) is 7.11. The van der Waals surface area contributed by atoms with Crippen molar-refractivity contribution in [1.82, 2.24) is 10.2 Å². The van der Waals surface area contributed by atoms with Crippen molar-refractivity contribution >= 4 is 11.8 Å². The van der Waals surface area contributed by atoms with Crippen molar-refractivity contribution in [3.05, 3.63) is 71.5 Å². The van der Waals surface area contributed by atoms with E-state index in [-0.39, 0.29) is 23.8 Å². The molecule has 5 heteroatoms. The van der Waals surface area contributed by atoms with Gasteiger partial charge < -0.3 is 10.2 Å². The van der Waals surface area contributed by atoms with Crippen LogP contribution in [0.5, 0.6) is 0 Å². The predicted molar refractivity (Wildman–Crippen MR) is 104 cm³/mol. The third-order valence-electron chi connectivity index (χ3n) is 4.73. The highest BCUT2D eigenvalue weighted by atomic mass is 19.1. The summed E-state index contributed by atoms with van der Waals surface area (Å²) in [5, 5.41) is 2.87. The summed E-state index contributed by atoms with van der Waals surface area (Å²) in [5.74, 6) is -1.42. The largest absolute Gasteiger partial charge is 0.341 e. The lowest BCUT2D eigenvalue weighted by atomic mass is 9.96. The van der Waals surface area contributed by atoms with Gasteiger partial charge in [0.1, 0.15) is 5.82 Å². The van der Waals surface area contributed by atoms with E-state index in [0.717, 1.165) is 11.1 Å². The number of nitrogens with one attached hydrogen (secondary N) is 1. The summed E-state index contributed by atoms with van der Waals surface area (Å²) in [6.07, 6.45) is 0. The van der Waals surface area contributed by atoms with Crippen molar-refractivity contribution in [1.29, 1.82) is 0 Å². The Morgan fingerprint density at radius 1 is 0.963 bits per heavy atom. The molecule has 0 fully saturated rings. The Balaban J connectivity index is 2.15. The maximum atomic E-state index is 13.2. The normalized spacial score (nSPS) is 13.1. The van der Waals surface area contributed by atoms with Gasteiger partial charge in [0, 0.05) is 6.54 Å². The summed E-state index contributed by atoms with van der Waals surface area (Å²) >= 11 is 0. The first-order valence-corrected chi connectivity index (χ1v) is 9.27. The Labute approximate surface area is 160 Å². The van der Waals surface area contributed by atoms with Crippen LogP contribution in [0.4, 0.5) is 4.39 Å². The Morgan fingerprint density at radius 3 is 2.07 bits per heavy atom. The van der Waals surface area contributed by atoms with Gasteiger partial charge in [0.05, 0.1) is 12.1 Å². The van der Waals surface area contributed by atoms with Gasteiger partial charge in [0.15, 0.2) is 0 Å². The van der Waals surface area contributed by atoms with E-state index in [2.05, 4.69) is 5.32 Å². The highest BCUT2D eigenvalue weighted by Gasteiger charge is 2.28. The molecule has 0 saturated heterocycles. The molecule has 0 aliphatic rings. The first-order valence-electron chi connectivity index (χ1n) is 9.27. The van der Waals surface area contributed by atoms with Gasteiger partial charge in [-0.3, -0.25) is 9.59 Å². The molecular formula is C22H27FN2O2. The quantitative estimate of drug-likeness (QED) is 0.773. The van der Waals surface area contributed by atoms with Gasteiger partial charge in [-0.05, 0) is 43.0 Å². The Hall–Kier alpha value is -2.69. The van der Waals surface area contributed by atoms with Crippen LogP contribution in [0.25, 0.3) is 0 Å². The molecule has 0 spiro atoms. The number of carbonyl (C=O) groups excluding carboxylic acids is 2. The minimum Gasteiger partial charge on any atom is -0.341 e. The van der Waals surface area contributed by atoms with Gasteiger partial charge >= 0.3 is 11.8 Å². The van der Waals surface area contributed by atoms with Crippen molar-refractivity contribution in [2.75, 3.05) is 6.54 Å².